The van der Waals surface area contributed by atoms with Gasteiger partial charge >= 0.3 is 6.18 Å². The van der Waals surface area contributed by atoms with Crippen molar-refractivity contribution < 1.29 is 27.2 Å². The van der Waals surface area contributed by atoms with Gasteiger partial charge < -0.3 is 5.32 Å². The number of nitrogens with zero attached hydrogens (tertiary/aromatic N) is 2. The van der Waals surface area contributed by atoms with Crippen LogP contribution in [0.3, 0.4) is 0 Å². The molecular weight excluding hydrogens is 374 g/mol. The molecule has 0 aliphatic heterocycles. The van der Waals surface area contributed by atoms with Crippen LogP contribution in [0.4, 0.5) is 23.2 Å². The maximum atomic E-state index is 14.2. The number of benzene rings is 1. The van der Waals surface area contributed by atoms with Gasteiger partial charge in [-0.2, -0.15) is 13.2 Å². The molecule has 0 atom stereocenters. The molecule has 26 heavy (non-hydrogen) atoms. The number of hydrogen-bond donors (Lipinski definition) is 1. The molecule has 1 aromatic heterocycles. The largest absolute Gasteiger partial charge is 0.419 e. The van der Waals surface area contributed by atoms with E-state index in [4.69, 9.17) is 0 Å². The number of hydrogen-bond acceptors (Lipinski definition) is 6. The zero-order valence-electron chi connectivity index (χ0n) is 13.0. The van der Waals surface area contributed by atoms with Crippen molar-refractivity contribution in [2.24, 2.45) is 0 Å². The number of nitrogens with one attached hydrogen (secondary N) is 1. The summed E-state index contributed by atoms with van der Waals surface area (Å²) in [5.41, 5.74) is -2.58. The molecule has 0 saturated heterocycles. The van der Waals surface area contributed by atoms with Crippen LogP contribution < -0.4 is 5.32 Å². The third kappa shape index (κ3) is 2.96. The first-order chi connectivity index (χ1) is 12.3. The van der Waals surface area contributed by atoms with E-state index in [1.165, 1.54) is 6.26 Å². The minimum absolute atomic E-state index is 0.0713. The fourth-order valence-corrected chi connectivity index (χ4v) is 3.06. The Bertz CT molecular complexity index is 957. The number of allylic oxidation sites excluding steroid dienone is 2. The molecular formula is C16H9F4N3O2S. The summed E-state index contributed by atoms with van der Waals surface area (Å²) < 4.78 is 52.8. The number of carbonyl (C=O) groups is 2. The first kappa shape index (κ1) is 18.1. The van der Waals surface area contributed by atoms with Crippen molar-refractivity contribution in [2.75, 3.05) is 11.6 Å². The first-order valence-corrected chi connectivity index (χ1v) is 8.28. The van der Waals surface area contributed by atoms with Crippen LogP contribution in [0.2, 0.25) is 0 Å². The number of thioether (sulfide) groups is 1. The van der Waals surface area contributed by atoms with Crippen molar-refractivity contribution in [3.8, 4) is 0 Å². The lowest BCUT2D eigenvalue weighted by molar-refractivity contribution is -0.139. The summed E-state index contributed by atoms with van der Waals surface area (Å²) in [4.78, 5) is 32.5. The molecule has 134 valence electrons. The van der Waals surface area contributed by atoms with Crippen molar-refractivity contribution in [2.45, 2.75) is 6.18 Å². The Morgan fingerprint density at radius 1 is 1.15 bits per heavy atom. The molecule has 1 N–H and O–H groups in total. The van der Waals surface area contributed by atoms with Crippen molar-refractivity contribution in [1.82, 2.24) is 9.97 Å². The smallest absolute Gasteiger partial charge is 0.349 e. The predicted octanol–water partition coefficient (Wildman–Crippen LogP) is 3.70. The maximum absolute atomic E-state index is 14.2. The monoisotopic (exact) mass is 383 g/mol. The van der Waals surface area contributed by atoms with Crippen LogP contribution in [-0.4, -0.2) is 27.8 Å². The lowest BCUT2D eigenvalue weighted by Crippen LogP contribution is -2.26. The molecule has 0 fully saturated rings. The Balaban J connectivity index is 2.10. The lowest BCUT2D eigenvalue weighted by atomic mass is 9.98. The van der Waals surface area contributed by atoms with Crippen LogP contribution in [0.1, 0.15) is 26.4 Å². The number of rotatable bonds is 3. The maximum Gasteiger partial charge on any atom is 0.419 e. The molecule has 1 heterocycles. The number of aromatic nitrogens is 2. The van der Waals surface area contributed by atoms with Gasteiger partial charge in [0.05, 0.1) is 21.7 Å². The van der Waals surface area contributed by atoms with E-state index in [0.717, 1.165) is 36.4 Å². The molecule has 1 aliphatic rings. The Hall–Kier alpha value is -2.75. The molecule has 0 spiro atoms. The summed E-state index contributed by atoms with van der Waals surface area (Å²) >= 11 is 0.906. The number of ketones is 2. The number of fused-ring (bicyclic) bond motifs is 1. The predicted molar refractivity (Wildman–Crippen MR) is 86.3 cm³/mol. The van der Waals surface area contributed by atoms with Gasteiger partial charge in [-0.25, -0.2) is 14.4 Å². The molecule has 3 rings (SSSR count). The number of carbonyl (C=O) groups excluding carboxylic acids is 2. The van der Waals surface area contributed by atoms with Crippen molar-refractivity contribution in [1.29, 1.82) is 0 Å². The van der Waals surface area contributed by atoms with E-state index in [1.807, 2.05) is 0 Å². The molecule has 5 nitrogen and oxygen atoms in total. The van der Waals surface area contributed by atoms with Gasteiger partial charge in [-0.15, -0.1) is 11.8 Å². The van der Waals surface area contributed by atoms with E-state index < -0.39 is 34.8 Å². The highest BCUT2D eigenvalue weighted by molar-refractivity contribution is 8.03. The second kappa shape index (κ2) is 6.52. The van der Waals surface area contributed by atoms with Gasteiger partial charge in [0.1, 0.15) is 17.7 Å². The number of halogens is 4. The lowest BCUT2D eigenvalue weighted by Gasteiger charge is -2.20. The van der Waals surface area contributed by atoms with Gasteiger partial charge in [0, 0.05) is 6.20 Å². The number of anilines is 1. The fourth-order valence-electron chi connectivity index (χ4n) is 2.43. The Morgan fingerprint density at radius 3 is 2.54 bits per heavy atom. The van der Waals surface area contributed by atoms with Crippen LogP contribution in [0.5, 0.6) is 0 Å². The standard InChI is InChI=1S/C16H9F4N3O2S/c1-26-15-12(13(24)7-5-21-6-22-11(7)14(15)25)23-9-4-2-3-8(10(9)17)16(18,19)20/h2-6,23H,1H3. The highest BCUT2D eigenvalue weighted by Gasteiger charge is 2.37. The first-order valence-electron chi connectivity index (χ1n) is 7.06. The molecule has 0 bridgehead atoms. The minimum Gasteiger partial charge on any atom is -0.349 e. The van der Waals surface area contributed by atoms with E-state index in [2.05, 4.69) is 15.3 Å². The van der Waals surface area contributed by atoms with Crippen molar-refractivity contribution in [3.63, 3.8) is 0 Å². The zero-order chi connectivity index (χ0) is 19.1. The summed E-state index contributed by atoms with van der Waals surface area (Å²) in [6.07, 6.45) is -1.15. The van der Waals surface area contributed by atoms with E-state index in [1.54, 1.807) is 0 Å². The summed E-state index contributed by atoms with van der Waals surface area (Å²) in [7, 11) is 0. The topological polar surface area (TPSA) is 72.0 Å². The second-order valence-corrected chi connectivity index (χ2v) is 5.96. The summed E-state index contributed by atoms with van der Waals surface area (Å²) in [5, 5.41) is 2.34. The molecule has 2 aromatic rings. The SMILES string of the molecule is CSC1=C(Nc2cccc(C(F)(F)F)c2F)C(=O)c2cncnc2C1=O. The van der Waals surface area contributed by atoms with Crippen LogP contribution in [0.25, 0.3) is 0 Å². The molecule has 1 aliphatic carbocycles. The third-order valence-corrected chi connectivity index (χ3v) is 4.40. The molecule has 0 unspecified atom stereocenters. The van der Waals surface area contributed by atoms with E-state index >= 15 is 0 Å². The van der Waals surface area contributed by atoms with Gasteiger partial charge in [0.2, 0.25) is 11.6 Å². The summed E-state index contributed by atoms with van der Waals surface area (Å²) in [6, 6.07) is 2.63. The van der Waals surface area contributed by atoms with E-state index in [0.29, 0.717) is 6.07 Å². The van der Waals surface area contributed by atoms with Gasteiger partial charge in [-0.05, 0) is 18.4 Å². The van der Waals surface area contributed by atoms with Gasteiger partial charge in [0.25, 0.3) is 0 Å². The van der Waals surface area contributed by atoms with Crippen molar-refractivity contribution in [3.05, 3.63) is 64.0 Å². The molecule has 1 aromatic carbocycles. The molecule has 0 saturated carbocycles. The van der Waals surface area contributed by atoms with Crippen LogP contribution in [-0.2, 0) is 6.18 Å². The molecule has 0 amide bonds. The van der Waals surface area contributed by atoms with Gasteiger partial charge in [0.15, 0.2) is 5.82 Å². The average Bonchev–Trinajstić information content (AvgIpc) is 2.60. The normalized spacial score (nSPS) is 14.5. The fraction of sp³-hybridized carbons (Fsp3) is 0.125. The second-order valence-electron chi connectivity index (χ2n) is 5.14. The Morgan fingerprint density at radius 2 is 1.88 bits per heavy atom. The summed E-state index contributed by atoms with van der Waals surface area (Å²) in [6.45, 7) is 0. The minimum atomic E-state index is -4.90. The Labute approximate surface area is 148 Å². The van der Waals surface area contributed by atoms with Crippen molar-refractivity contribution >= 4 is 29.0 Å². The highest BCUT2D eigenvalue weighted by Crippen LogP contribution is 2.36. The quantitative estimate of drug-likeness (QED) is 0.815. The van der Waals surface area contributed by atoms with Gasteiger partial charge in [-0.1, -0.05) is 6.07 Å². The van der Waals surface area contributed by atoms with Crippen LogP contribution in [0, 0.1) is 5.82 Å². The van der Waals surface area contributed by atoms with E-state index in [-0.39, 0.29) is 21.9 Å². The summed E-state index contributed by atoms with van der Waals surface area (Å²) in [5.74, 6) is -2.87. The zero-order valence-corrected chi connectivity index (χ0v) is 13.8. The number of Topliss-reactive ketones (excluding diaryl/α,β-unsaturated/α-hetero) is 2. The molecule has 10 heteroatoms. The van der Waals surface area contributed by atoms with Crippen LogP contribution in [0.15, 0.2) is 41.3 Å². The molecule has 0 radical (unpaired) electrons. The number of alkyl halides is 3. The van der Waals surface area contributed by atoms with E-state index in [9.17, 15) is 27.2 Å². The Kier molecular flexibility index (Phi) is 4.53. The van der Waals surface area contributed by atoms with Gasteiger partial charge in [-0.3, -0.25) is 9.59 Å². The van der Waals surface area contributed by atoms with Crippen LogP contribution >= 0.6 is 11.8 Å². The third-order valence-electron chi connectivity index (χ3n) is 3.60. The highest BCUT2D eigenvalue weighted by atomic mass is 32.2. The average molecular weight is 383 g/mol.